The first-order valence-electron chi connectivity index (χ1n) is 12.4. The third-order valence-electron chi connectivity index (χ3n) is 6.72. The number of aromatic carboxylic acids is 1. The van der Waals surface area contributed by atoms with E-state index in [1.807, 2.05) is 32.0 Å². The lowest BCUT2D eigenvalue weighted by molar-refractivity contribution is 0.0695. The highest BCUT2D eigenvalue weighted by atomic mass is 16.5. The number of ether oxygens (including phenoxy) is 1. The monoisotopic (exact) mass is 477 g/mol. The number of anilines is 2. The Balaban J connectivity index is 1.73. The van der Waals surface area contributed by atoms with E-state index in [0.29, 0.717) is 24.4 Å². The molecular weight excluding hydrogens is 442 g/mol. The lowest BCUT2D eigenvalue weighted by atomic mass is 9.94. The Morgan fingerprint density at radius 1 is 1.09 bits per heavy atom. The fourth-order valence-corrected chi connectivity index (χ4v) is 4.95. The van der Waals surface area contributed by atoms with Crippen molar-refractivity contribution in [2.24, 2.45) is 0 Å². The number of carboxylic acid groups (broad SMARTS) is 1. The van der Waals surface area contributed by atoms with Gasteiger partial charge >= 0.3 is 5.97 Å². The molecule has 2 heterocycles. The van der Waals surface area contributed by atoms with Crippen LogP contribution in [0.25, 0.3) is 11.1 Å². The van der Waals surface area contributed by atoms with E-state index in [1.165, 1.54) is 0 Å². The van der Waals surface area contributed by atoms with Crippen LogP contribution in [0.3, 0.4) is 0 Å². The minimum atomic E-state index is -0.919. The Bertz CT molecular complexity index is 1150. The molecule has 1 aliphatic rings. The highest BCUT2D eigenvalue weighted by Crippen LogP contribution is 2.36. The lowest BCUT2D eigenvalue weighted by Crippen LogP contribution is -2.27. The molecule has 186 valence electrons. The molecule has 7 heteroatoms. The fourth-order valence-electron chi connectivity index (χ4n) is 4.95. The van der Waals surface area contributed by atoms with E-state index in [1.54, 1.807) is 0 Å². The molecule has 0 aliphatic carbocycles. The summed E-state index contributed by atoms with van der Waals surface area (Å²) in [5.41, 5.74) is 7.98. The van der Waals surface area contributed by atoms with Crippen LogP contribution < -0.4 is 5.32 Å². The summed E-state index contributed by atoms with van der Waals surface area (Å²) in [7, 11) is 0. The Morgan fingerprint density at radius 3 is 2.46 bits per heavy atom. The molecule has 2 N–H and O–H groups in total. The summed E-state index contributed by atoms with van der Waals surface area (Å²) in [5, 5.41) is 17.8. The van der Waals surface area contributed by atoms with E-state index in [2.05, 4.69) is 41.4 Å². The second kappa shape index (κ2) is 11.1. The minimum absolute atomic E-state index is 0.330. The summed E-state index contributed by atoms with van der Waals surface area (Å²) < 4.78 is 11.0. The molecule has 0 radical (unpaired) electrons. The molecule has 7 nitrogen and oxygen atoms in total. The zero-order valence-electron chi connectivity index (χ0n) is 21.1. The number of nitrogens with one attached hydrogen (secondary N) is 1. The molecule has 1 fully saturated rings. The molecule has 1 aliphatic heterocycles. The average Bonchev–Trinajstić information content (AvgIpc) is 3.01. The van der Waals surface area contributed by atoms with Gasteiger partial charge in [-0.3, -0.25) is 4.90 Å². The molecule has 0 atom stereocenters. The number of nitrogens with zero attached hydrogens (tertiary/aromatic N) is 2. The highest BCUT2D eigenvalue weighted by Gasteiger charge is 2.21. The number of carboxylic acids is 1. The van der Waals surface area contributed by atoms with E-state index in [4.69, 9.17) is 9.26 Å². The number of rotatable bonds is 8. The van der Waals surface area contributed by atoms with Crippen molar-refractivity contribution in [2.75, 3.05) is 31.6 Å². The summed E-state index contributed by atoms with van der Waals surface area (Å²) in [6.45, 7) is 11.9. The maximum absolute atomic E-state index is 12.4. The van der Waals surface area contributed by atoms with Crippen LogP contribution >= 0.6 is 0 Å². The third-order valence-corrected chi connectivity index (χ3v) is 6.72. The number of aromatic nitrogens is 1. The molecule has 35 heavy (non-hydrogen) atoms. The van der Waals surface area contributed by atoms with E-state index in [0.717, 1.165) is 83.9 Å². The normalized spacial score (nSPS) is 14.6. The van der Waals surface area contributed by atoms with Gasteiger partial charge in [0.15, 0.2) is 0 Å². The Hall–Kier alpha value is -3.16. The summed E-state index contributed by atoms with van der Waals surface area (Å²) in [5.74, 6) is -0.121. The van der Waals surface area contributed by atoms with Crippen molar-refractivity contribution in [1.29, 1.82) is 0 Å². The van der Waals surface area contributed by atoms with Crippen LogP contribution in [0.15, 0.2) is 34.9 Å². The molecule has 0 amide bonds. The van der Waals surface area contributed by atoms with Gasteiger partial charge in [-0.05, 0) is 73.6 Å². The van der Waals surface area contributed by atoms with Gasteiger partial charge in [0.05, 0.1) is 23.6 Å². The van der Waals surface area contributed by atoms with Crippen molar-refractivity contribution in [2.45, 2.75) is 53.5 Å². The SMILES string of the molecule is CCc1cc(-c2c(C)noc2C)cc(CC)c1Nc1cccc(CN2CCCOCC2)c1C(=O)O. The van der Waals surface area contributed by atoms with Gasteiger partial charge in [-0.15, -0.1) is 0 Å². The molecule has 3 aromatic rings. The topological polar surface area (TPSA) is 87.8 Å². The lowest BCUT2D eigenvalue weighted by Gasteiger charge is -2.23. The zero-order chi connectivity index (χ0) is 24.9. The summed E-state index contributed by atoms with van der Waals surface area (Å²) >= 11 is 0. The van der Waals surface area contributed by atoms with Crippen LogP contribution in [-0.2, 0) is 24.1 Å². The molecule has 0 spiro atoms. The molecule has 1 aromatic heterocycles. The van der Waals surface area contributed by atoms with Gasteiger partial charge in [-0.1, -0.05) is 31.1 Å². The van der Waals surface area contributed by atoms with Crippen molar-refractivity contribution in [1.82, 2.24) is 10.1 Å². The average molecular weight is 478 g/mol. The summed E-state index contributed by atoms with van der Waals surface area (Å²) in [6, 6.07) is 10.0. The van der Waals surface area contributed by atoms with Crippen LogP contribution in [0, 0.1) is 13.8 Å². The maximum Gasteiger partial charge on any atom is 0.338 e. The third kappa shape index (κ3) is 5.41. The molecule has 0 saturated carbocycles. The van der Waals surface area contributed by atoms with Crippen molar-refractivity contribution in [3.63, 3.8) is 0 Å². The summed E-state index contributed by atoms with van der Waals surface area (Å²) in [4.78, 5) is 14.7. The number of hydrogen-bond acceptors (Lipinski definition) is 6. The van der Waals surface area contributed by atoms with E-state index in [-0.39, 0.29) is 0 Å². The summed E-state index contributed by atoms with van der Waals surface area (Å²) in [6.07, 6.45) is 2.57. The van der Waals surface area contributed by atoms with E-state index >= 15 is 0 Å². The quantitative estimate of drug-likeness (QED) is 0.427. The minimum Gasteiger partial charge on any atom is -0.478 e. The molecular formula is C28H35N3O4. The fraction of sp³-hybridized carbons (Fsp3) is 0.429. The van der Waals surface area contributed by atoms with Crippen LogP contribution in [-0.4, -0.2) is 47.4 Å². The maximum atomic E-state index is 12.4. The first kappa shape index (κ1) is 24.9. The number of aryl methyl sites for hydroxylation is 4. The van der Waals surface area contributed by atoms with Crippen LogP contribution in [0.5, 0.6) is 0 Å². The number of carbonyl (C=O) groups is 1. The molecule has 2 aromatic carbocycles. The second-order valence-electron chi connectivity index (χ2n) is 9.09. The predicted molar refractivity (Wildman–Crippen MR) is 138 cm³/mol. The van der Waals surface area contributed by atoms with Gasteiger partial charge in [-0.2, -0.15) is 0 Å². The highest BCUT2D eigenvalue weighted by molar-refractivity contribution is 5.97. The van der Waals surface area contributed by atoms with Gasteiger partial charge in [0, 0.05) is 37.5 Å². The Morgan fingerprint density at radius 2 is 1.83 bits per heavy atom. The number of hydrogen-bond donors (Lipinski definition) is 2. The van der Waals surface area contributed by atoms with E-state index in [9.17, 15) is 9.90 Å². The van der Waals surface area contributed by atoms with Crippen LogP contribution in [0.4, 0.5) is 11.4 Å². The van der Waals surface area contributed by atoms with Gasteiger partial charge < -0.3 is 19.7 Å². The Labute approximate surface area is 207 Å². The van der Waals surface area contributed by atoms with Crippen molar-refractivity contribution in [3.05, 3.63) is 64.0 Å². The van der Waals surface area contributed by atoms with Crippen molar-refractivity contribution in [3.8, 4) is 11.1 Å². The predicted octanol–water partition coefficient (Wildman–Crippen LogP) is 5.75. The van der Waals surface area contributed by atoms with Crippen LogP contribution in [0.2, 0.25) is 0 Å². The largest absolute Gasteiger partial charge is 0.478 e. The van der Waals surface area contributed by atoms with E-state index < -0.39 is 5.97 Å². The number of benzene rings is 2. The van der Waals surface area contributed by atoms with Gasteiger partial charge in [0.1, 0.15) is 5.76 Å². The molecule has 0 unspecified atom stereocenters. The van der Waals surface area contributed by atoms with Gasteiger partial charge in [0.25, 0.3) is 0 Å². The van der Waals surface area contributed by atoms with Crippen LogP contribution in [0.1, 0.15) is 58.8 Å². The van der Waals surface area contributed by atoms with Gasteiger partial charge in [0.2, 0.25) is 0 Å². The van der Waals surface area contributed by atoms with Crippen molar-refractivity contribution < 1.29 is 19.2 Å². The molecule has 4 rings (SSSR count). The van der Waals surface area contributed by atoms with Gasteiger partial charge in [-0.25, -0.2) is 4.79 Å². The smallest absolute Gasteiger partial charge is 0.338 e. The molecule has 0 bridgehead atoms. The first-order valence-corrected chi connectivity index (χ1v) is 12.4. The standard InChI is InChI=1S/C28H35N3O4/c1-5-20-15-23(25-18(3)30-35-19(25)4)16-21(6-2)27(20)29-24-10-7-9-22(26(24)28(32)33)17-31-11-8-13-34-14-12-31/h7,9-10,15-16,29H,5-6,8,11-14,17H2,1-4H3,(H,32,33). The van der Waals surface area contributed by atoms with Crippen molar-refractivity contribution >= 4 is 17.3 Å². The zero-order valence-corrected chi connectivity index (χ0v) is 21.1. The Kier molecular flexibility index (Phi) is 7.88. The second-order valence-corrected chi connectivity index (χ2v) is 9.09. The first-order chi connectivity index (χ1) is 16.9. The molecule has 1 saturated heterocycles.